The Balaban J connectivity index is 1.61. The lowest BCUT2D eigenvalue weighted by Gasteiger charge is -2.08. The van der Waals surface area contributed by atoms with E-state index in [4.69, 9.17) is 0 Å². The van der Waals surface area contributed by atoms with Gasteiger partial charge in [-0.1, -0.05) is 15.9 Å². The van der Waals surface area contributed by atoms with Crippen molar-refractivity contribution in [1.82, 2.24) is 9.55 Å². The maximum Gasteiger partial charge on any atom is 0.0952 e. The number of rotatable bonds is 2. The van der Waals surface area contributed by atoms with E-state index in [2.05, 4.69) is 31.7 Å². The largest absolute Gasteiger partial charge is 0.334 e. The summed E-state index contributed by atoms with van der Waals surface area (Å²) in [6.07, 6.45) is 8.81. The van der Waals surface area contributed by atoms with Gasteiger partial charge in [-0.05, 0) is 42.9 Å². The summed E-state index contributed by atoms with van der Waals surface area (Å²) in [5.41, 5.74) is 1.17. The van der Waals surface area contributed by atoms with Crippen molar-refractivity contribution in [2.24, 2.45) is 23.7 Å². The quantitative estimate of drug-likeness (QED) is 0.753. The first-order valence-electron chi connectivity index (χ1n) is 5.97. The van der Waals surface area contributed by atoms with Gasteiger partial charge in [0.05, 0.1) is 12.0 Å². The molecule has 0 aromatic carbocycles. The fourth-order valence-corrected chi connectivity index (χ4v) is 4.58. The van der Waals surface area contributed by atoms with Crippen molar-refractivity contribution in [1.29, 1.82) is 0 Å². The number of aromatic nitrogens is 2. The molecular weight excluding hydrogens is 252 g/mol. The smallest absolute Gasteiger partial charge is 0.0952 e. The molecule has 0 aliphatic heterocycles. The van der Waals surface area contributed by atoms with Crippen LogP contribution in [0.2, 0.25) is 0 Å². The van der Waals surface area contributed by atoms with Gasteiger partial charge in [0.25, 0.3) is 0 Å². The molecule has 2 bridgehead atoms. The Morgan fingerprint density at radius 1 is 1.33 bits per heavy atom. The van der Waals surface area contributed by atoms with Crippen LogP contribution in [-0.2, 0) is 5.33 Å². The van der Waals surface area contributed by atoms with Crippen molar-refractivity contribution in [2.45, 2.75) is 30.6 Å². The molecule has 3 heteroatoms. The first-order valence-corrected chi connectivity index (χ1v) is 7.09. The van der Waals surface area contributed by atoms with Crippen molar-refractivity contribution >= 4 is 15.9 Å². The van der Waals surface area contributed by atoms with Gasteiger partial charge in [0, 0.05) is 17.6 Å². The van der Waals surface area contributed by atoms with E-state index >= 15 is 0 Å². The summed E-state index contributed by atoms with van der Waals surface area (Å²) in [5.74, 6) is 4.14. The van der Waals surface area contributed by atoms with Gasteiger partial charge < -0.3 is 4.57 Å². The SMILES string of the molecule is BrCc1cn(C2C3C4CCC(C4)C32)cn1. The van der Waals surface area contributed by atoms with Gasteiger partial charge in [0.1, 0.15) is 0 Å². The van der Waals surface area contributed by atoms with Gasteiger partial charge >= 0.3 is 0 Å². The summed E-state index contributed by atoms with van der Waals surface area (Å²) in [6.45, 7) is 0. The third-order valence-electron chi connectivity index (χ3n) is 4.83. The number of nitrogens with zero attached hydrogens (tertiary/aromatic N) is 2. The van der Waals surface area contributed by atoms with Gasteiger partial charge in [-0.25, -0.2) is 4.98 Å². The van der Waals surface area contributed by atoms with Gasteiger partial charge in [0.15, 0.2) is 0 Å². The second-order valence-electron chi connectivity index (χ2n) is 5.42. The molecule has 3 fully saturated rings. The van der Waals surface area contributed by atoms with E-state index in [0.717, 1.165) is 35.0 Å². The molecular formula is C12H15BrN2. The standard InChI is InChI=1S/C12H15BrN2/c13-4-9-5-15(6-14-9)12-10-7-1-2-8(3-7)11(10)12/h5-8,10-12H,1-4H2. The van der Waals surface area contributed by atoms with E-state index < -0.39 is 0 Å². The van der Waals surface area contributed by atoms with Crippen LogP contribution in [0.3, 0.4) is 0 Å². The highest BCUT2D eigenvalue weighted by Crippen LogP contribution is 2.71. The van der Waals surface area contributed by atoms with Crippen LogP contribution in [-0.4, -0.2) is 9.55 Å². The van der Waals surface area contributed by atoms with Crippen LogP contribution in [0.4, 0.5) is 0 Å². The average Bonchev–Trinajstić information content (AvgIpc) is 2.72. The molecule has 0 radical (unpaired) electrons. The minimum atomic E-state index is 0.816. The van der Waals surface area contributed by atoms with Crippen molar-refractivity contribution < 1.29 is 0 Å². The molecule has 4 unspecified atom stereocenters. The zero-order chi connectivity index (χ0) is 9.99. The molecule has 2 nitrogen and oxygen atoms in total. The van der Waals surface area contributed by atoms with Crippen LogP contribution in [0.15, 0.2) is 12.5 Å². The Labute approximate surface area is 98.2 Å². The second kappa shape index (κ2) is 2.88. The van der Waals surface area contributed by atoms with Crippen molar-refractivity contribution in [3.63, 3.8) is 0 Å². The Kier molecular flexibility index (Phi) is 1.69. The van der Waals surface area contributed by atoms with E-state index in [9.17, 15) is 0 Å². The van der Waals surface area contributed by atoms with Crippen molar-refractivity contribution in [3.8, 4) is 0 Å². The number of imidazole rings is 1. The second-order valence-corrected chi connectivity index (χ2v) is 5.99. The predicted octanol–water partition coefficient (Wildman–Crippen LogP) is 3.00. The summed E-state index contributed by atoms with van der Waals surface area (Å²) < 4.78 is 2.39. The summed E-state index contributed by atoms with van der Waals surface area (Å²) in [7, 11) is 0. The van der Waals surface area contributed by atoms with E-state index in [0.29, 0.717) is 0 Å². The van der Waals surface area contributed by atoms with E-state index in [1.807, 2.05) is 6.33 Å². The molecule has 0 amide bonds. The fourth-order valence-electron chi connectivity index (χ4n) is 4.29. The monoisotopic (exact) mass is 266 g/mol. The third kappa shape index (κ3) is 1.08. The zero-order valence-electron chi connectivity index (χ0n) is 8.64. The van der Waals surface area contributed by atoms with Crippen LogP contribution in [0.1, 0.15) is 31.0 Å². The maximum absolute atomic E-state index is 4.41. The first-order chi connectivity index (χ1) is 7.38. The zero-order valence-corrected chi connectivity index (χ0v) is 10.2. The highest BCUT2D eigenvalue weighted by atomic mass is 79.9. The Hall–Kier alpha value is -0.310. The van der Waals surface area contributed by atoms with Gasteiger partial charge in [-0.15, -0.1) is 0 Å². The minimum absolute atomic E-state index is 0.816. The molecule has 3 aliphatic carbocycles. The molecule has 1 aromatic heterocycles. The van der Waals surface area contributed by atoms with E-state index in [1.165, 1.54) is 25.0 Å². The topological polar surface area (TPSA) is 17.8 Å². The molecule has 3 saturated carbocycles. The van der Waals surface area contributed by atoms with Gasteiger partial charge in [0.2, 0.25) is 0 Å². The summed E-state index contributed by atoms with van der Waals surface area (Å²) in [4.78, 5) is 4.41. The lowest BCUT2D eigenvalue weighted by molar-refractivity contribution is 0.453. The lowest BCUT2D eigenvalue weighted by Crippen LogP contribution is -2.02. The molecule has 0 N–H and O–H groups in total. The average molecular weight is 267 g/mol. The van der Waals surface area contributed by atoms with Gasteiger partial charge in [-0.3, -0.25) is 0 Å². The predicted molar refractivity (Wildman–Crippen MR) is 61.7 cm³/mol. The molecule has 15 heavy (non-hydrogen) atoms. The van der Waals surface area contributed by atoms with Crippen LogP contribution in [0.25, 0.3) is 0 Å². The van der Waals surface area contributed by atoms with Crippen LogP contribution < -0.4 is 0 Å². The summed E-state index contributed by atoms with van der Waals surface area (Å²) in [6, 6.07) is 0.816. The molecule has 0 spiro atoms. The molecule has 4 atom stereocenters. The number of fused-ring (bicyclic) bond motifs is 5. The Morgan fingerprint density at radius 2 is 2.07 bits per heavy atom. The van der Waals surface area contributed by atoms with Crippen molar-refractivity contribution in [2.75, 3.05) is 0 Å². The minimum Gasteiger partial charge on any atom is -0.334 e. The number of hydrogen-bond acceptors (Lipinski definition) is 1. The number of alkyl halides is 1. The highest BCUT2D eigenvalue weighted by Gasteiger charge is 2.65. The highest BCUT2D eigenvalue weighted by molar-refractivity contribution is 9.08. The van der Waals surface area contributed by atoms with Crippen molar-refractivity contribution in [3.05, 3.63) is 18.2 Å². The van der Waals surface area contributed by atoms with Crippen LogP contribution in [0.5, 0.6) is 0 Å². The third-order valence-corrected chi connectivity index (χ3v) is 5.41. The molecule has 80 valence electrons. The van der Waals surface area contributed by atoms with E-state index in [-0.39, 0.29) is 0 Å². The Morgan fingerprint density at radius 3 is 2.67 bits per heavy atom. The molecule has 1 heterocycles. The fraction of sp³-hybridized carbons (Fsp3) is 0.750. The number of hydrogen-bond donors (Lipinski definition) is 0. The van der Waals surface area contributed by atoms with E-state index in [1.54, 1.807) is 0 Å². The summed E-state index contributed by atoms with van der Waals surface area (Å²) >= 11 is 3.46. The Bertz CT molecular complexity index is 384. The van der Waals surface area contributed by atoms with Gasteiger partial charge in [-0.2, -0.15) is 0 Å². The molecule has 3 aliphatic rings. The molecule has 0 saturated heterocycles. The maximum atomic E-state index is 4.41. The summed E-state index contributed by atoms with van der Waals surface area (Å²) in [5, 5.41) is 0.884. The van der Waals surface area contributed by atoms with Crippen LogP contribution in [0, 0.1) is 23.7 Å². The normalized spacial score (nSPS) is 45.8. The van der Waals surface area contributed by atoms with Crippen LogP contribution >= 0.6 is 15.9 Å². The number of halogens is 1. The molecule has 1 aromatic rings. The molecule has 4 rings (SSSR count). The lowest BCUT2D eigenvalue weighted by atomic mass is 10.0. The first kappa shape index (κ1) is 8.80.